The zero-order valence-corrected chi connectivity index (χ0v) is 15.8. The number of thiazole rings is 1. The van der Waals surface area contributed by atoms with Crippen molar-refractivity contribution >= 4 is 38.4 Å². The molecule has 0 saturated carbocycles. The average Bonchev–Trinajstić information content (AvgIpc) is 3.33. The lowest BCUT2D eigenvalue weighted by atomic mass is 10.3. The number of pyridine rings is 1. The van der Waals surface area contributed by atoms with Crippen molar-refractivity contribution in [1.29, 1.82) is 0 Å². The molecule has 0 radical (unpaired) electrons. The van der Waals surface area contributed by atoms with Crippen molar-refractivity contribution in [1.82, 2.24) is 9.97 Å². The standard InChI is InChI=1S/C19H17N3O2S2/c1-12(23-2)16-11-25-18(22-16)19-21-15-4-3-14(9-17(15)26-19)24-10-13-5-7-20-8-6-13/h3-9,16H,1,10-11H2,2H3. The number of hydrogen-bond acceptors (Lipinski definition) is 7. The first-order valence-corrected chi connectivity index (χ1v) is 9.89. The fraction of sp³-hybridized carbons (Fsp3) is 0.211. The number of fused-ring (bicyclic) bond motifs is 1. The van der Waals surface area contributed by atoms with E-state index in [2.05, 4.69) is 16.6 Å². The van der Waals surface area contributed by atoms with E-state index >= 15 is 0 Å². The topological polar surface area (TPSA) is 56.6 Å². The Morgan fingerprint density at radius 3 is 2.92 bits per heavy atom. The molecule has 0 amide bonds. The van der Waals surface area contributed by atoms with Gasteiger partial charge in [0, 0.05) is 18.1 Å². The number of aromatic nitrogens is 2. The number of nitrogens with zero attached hydrogens (tertiary/aromatic N) is 3. The van der Waals surface area contributed by atoms with Gasteiger partial charge in [-0.25, -0.2) is 4.98 Å². The maximum atomic E-state index is 5.89. The normalized spacial score (nSPS) is 16.5. The van der Waals surface area contributed by atoms with E-state index < -0.39 is 0 Å². The highest BCUT2D eigenvalue weighted by atomic mass is 32.2. The Hall–Kier alpha value is -2.38. The molecular weight excluding hydrogens is 366 g/mol. The third-order valence-corrected chi connectivity index (χ3v) is 6.19. The number of hydrogen-bond donors (Lipinski definition) is 0. The molecule has 2 aromatic heterocycles. The summed E-state index contributed by atoms with van der Waals surface area (Å²) in [6.07, 6.45) is 3.53. The quantitative estimate of drug-likeness (QED) is 0.594. The van der Waals surface area contributed by atoms with Crippen molar-refractivity contribution in [3.05, 3.63) is 65.6 Å². The predicted octanol–water partition coefficient (Wildman–Crippen LogP) is 4.29. The summed E-state index contributed by atoms with van der Waals surface area (Å²) in [6, 6.07) is 9.87. The highest BCUT2D eigenvalue weighted by molar-refractivity contribution is 8.15. The molecule has 132 valence electrons. The van der Waals surface area contributed by atoms with Crippen LogP contribution in [-0.4, -0.2) is 33.9 Å². The summed E-state index contributed by atoms with van der Waals surface area (Å²) in [4.78, 5) is 13.4. The van der Waals surface area contributed by atoms with Gasteiger partial charge >= 0.3 is 0 Å². The molecule has 5 nitrogen and oxygen atoms in total. The first-order chi connectivity index (χ1) is 12.7. The molecule has 1 aromatic carbocycles. The first kappa shape index (κ1) is 17.1. The molecule has 1 aliphatic heterocycles. The van der Waals surface area contributed by atoms with Gasteiger partial charge < -0.3 is 9.47 Å². The molecule has 1 unspecified atom stereocenters. The molecule has 0 saturated heterocycles. The Labute approximate surface area is 159 Å². The Morgan fingerprint density at radius 1 is 1.27 bits per heavy atom. The van der Waals surface area contributed by atoms with Crippen LogP contribution in [0, 0.1) is 0 Å². The van der Waals surface area contributed by atoms with Gasteiger partial charge in [-0.1, -0.05) is 6.58 Å². The number of rotatable bonds is 6. The van der Waals surface area contributed by atoms with Gasteiger partial charge in [0.15, 0.2) is 0 Å². The SMILES string of the molecule is C=C(OC)C1CSC(c2nc3ccc(OCc4ccncc4)cc3s2)=N1. The van der Waals surface area contributed by atoms with E-state index in [1.54, 1.807) is 42.6 Å². The Balaban J connectivity index is 1.52. The fourth-order valence-corrected chi connectivity index (χ4v) is 4.66. The van der Waals surface area contributed by atoms with Crippen LogP contribution in [0.2, 0.25) is 0 Å². The lowest BCUT2D eigenvalue weighted by molar-refractivity contribution is 0.273. The minimum atomic E-state index is 0.00580. The van der Waals surface area contributed by atoms with Gasteiger partial charge in [0.25, 0.3) is 0 Å². The summed E-state index contributed by atoms with van der Waals surface area (Å²) in [7, 11) is 1.63. The fourth-order valence-electron chi connectivity index (χ4n) is 2.52. The predicted molar refractivity (Wildman–Crippen MR) is 107 cm³/mol. The number of thioether (sulfide) groups is 1. The van der Waals surface area contributed by atoms with E-state index in [-0.39, 0.29) is 6.04 Å². The number of benzene rings is 1. The van der Waals surface area contributed by atoms with E-state index in [4.69, 9.17) is 14.5 Å². The molecule has 0 N–H and O–H groups in total. The van der Waals surface area contributed by atoms with Crippen LogP contribution in [-0.2, 0) is 11.3 Å². The minimum absolute atomic E-state index is 0.00580. The molecule has 3 aromatic rings. The molecule has 0 bridgehead atoms. The van der Waals surface area contributed by atoms with Crippen LogP contribution in [0.3, 0.4) is 0 Å². The molecule has 7 heteroatoms. The lowest BCUT2D eigenvalue weighted by Gasteiger charge is -2.06. The molecule has 0 spiro atoms. The van der Waals surface area contributed by atoms with E-state index in [0.29, 0.717) is 12.4 Å². The molecule has 1 atom stereocenters. The third kappa shape index (κ3) is 3.59. The highest BCUT2D eigenvalue weighted by Gasteiger charge is 2.24. The highest BCUT2D eigenvalue weighted by Crippen LogP contribution is 2.33. The lowest BCUT2D eigenvalue weighted by Crippen LogP contribution is -2.07. The molecule has 0 fully saturated rings. The second-order valence-corrected chi connectivity index (χ2v) is 7.76. The summed E-state index contributed by atoms with van der Waals surface area (Å²) >= 11 is 3.32. The number of methoxy groups -OCH3 is 1. The van der Waals surface area contributed by atoms with Gasteiger partial charge in [-0.15, -0.1) is 23.1 Å². The second kappa shape index (κ2) is 7.47. The monoisotopic (exact) mass is 383 g/mol. The van der Waals surface area contributed by atoms with Crippen molar-refractivity contribution in [3.8, 4) is 5.75 Å². The Kier molecular flexibility index (Phi) is 4.90. The van der Waals surface area contributed by atoms with Crippen LogP contribution in [0.1, 0.15) is 10.6 Å². The van der Waals surface area contributed by atoms with Crippen molar-refractivity contribution in [2.75, 3.05) is 12.9 Å². The van der Waals surface area contributed by atoms with Crippen LogP contribution in [0.5, 0.6) is 5.75 Å². The van der Waals surface area contributed by atoms with Gasteiger partial charge in [0.05, 0.1) is 17.3 Å². The van der Waals surface area contributed by atoms with E-state index in [9.17, 15) is 0 Å². The van der Waals surface area contributed by atoms with Gasteiger partial charge in [-0.3, -0.25) is 9.98 Å². The van der Waals surface area contributed by atoms with Crippen molar-refractivity contribution in [3.63, 3.8) is 0 Å². The van der Waals surface area contributed by atoms with Crippen molar-refractivity contribution in [2.45, 2.75) is 12.6 Å². The molecule has 26 heavy (non-hydrogen) atoms. The molecule has 3 heterocycles. The van der Waals surface area contributed by atoms with E-state index in [1.165, 1.54) is 0 Å². The van der Waals surface area contributed by atoms with Crippen molar-refractivity contribution < 1.29 is 9.47 Å². The second-order valence-electron chi connectivity index (χ2n) is 5.72. The van der Waals surface area contributed by atoms with E-state index in [1.807, 2.05) is 30.3 Å². The zero-order valence-electron chi connectivity index (χ0n) is 14.2. The van der Waals surface area contributed by atoms with Crippen LogP contribution in [0.4, 0.5) is 0 Å². The van der Waals surface area contributed by atoms with Crippen molar-refractivity contribution in [2.24, 2.45) is 4.99 Å². The van der Waals surface area contributed by atoms with Gasteiger partial charge in [0.1, 0.15) is 34.2 Å². The summed E-state index contributed by atoms with van der Waals surface area (Å²) in [6.45, 7) is 4.42. The summed E-state index contributed by atoms with van der Waals surface area (Å²) in [5.41, 5.74) is 2.05. The van der Waals surface area contributed by atoms with Gasteiger partial charge in [0.2, 0.25) is 0 Å². The maximum Gasteiger partial charge on any atom is 0.149 e. The molecular formula is C19H17N3O2S2. The smallest absolute Gasteiger partial charge is 0.149 e. The average molecular weight is 383 g/mol. The molecule has 4 rings (SSSR count). The summed E-state index contributed by atoms with van der Waals surface area (Å²) < 4.78 is 12.2. The van der Waals surface area contributed by atoms with E-state index in [0.717, 1.165) is 37.3 Å². The summed E-state index contributed by atoms with van der Waals surface area (Å²) in [5.74, 6) is 2.37. The number of aliphatic imine (C=N–C) groups is 1. The van der Waals surface area contributed by atoms with Crippen LogP contribution >= 0.6 is 23.1 Å². The van der Waals surface area contributed by atoms with Crippen LogP contribution in [0.25, 0.3) is 10.2 Å². The Morgan fingerprint density at radius 2 is 2.12 bits per heavy atom. The van der Waals surface area contributed by atoms with Crippen LogP contribution in [0.15, 0.2) is 60.1 Å². The zero-order chi connectivity index (χ0) is 17.9. The van der Waals surface area contributed by atoms with Gasteiger partial charge in [-0.2, -0.15) is 0 Å². The Bertz CT molecular complexity index is 969. The molecule has 1 aliphatic rings. The third-order valence-electron chi connectivity index (χ3n) is 3.98. The maximum absolute atomic E-state index is 5.89. The van der Waals surface area contributed by atoms with Gasteiger partial charge in [-0.05, 0) is 35.9 Å². The first-order valence-electron chi connectivity index (χ1n) is 8.09. The minimum Gasteiger partial charge on any atom is -0.499 e. The molecule has 0 aliphatic carbocycles. The summed E-state index contributed by atoms with van der Waals surface area (Å²) in [5, 5.41) is 1.89. The largest absolute Gasteiger partial charge is 0.499 e. The number of ether oxygens (including phenoxy) is 2. The van der Waals surface area contributed by atoms with Crippen LogP contribution < -0.4 is 4.74 Å².